The Hall–Kier alpha value is -2.10. The van der Waals surface area contributed by atoms with Gasteiger partial charge < -0.3 is 10.1 Å². The van der Waals surface area contributed by atoms with Crippen molar-refractivity contribution in [3.8, 4) is 5.88 Å². The van der Waals surface area contributed by atoms with Gasteiger partial charge in [-0.25, -0.2) is 4.98 Å². The monoisotopic (exact) mass is 285 g/mol. The van der Waals surface area contributed by atoms with Crippen molar-refractivity contribution in [3.05, 3.63) is 48.2 Å². The molecule has 21 heavy (non-hydrogen) atoms. The SMILES string of the molecule is CC(C)Oc1ccnc(NCC(C)(C)c2ccccc2)n1. The second kappa shape index (κ2) is 6.57. The van der Waals surface area contributed by atoms with Crippen molar-refractivity contribution in [2.75, 3.05) is 11.9 Å². The zero-order valence-electron chi connectivity index (χ0n) is 13.1. The zero-order chi connectivity index (χ0) is 15.3. The number of ether oxygens (including phenoxy) is 1. The van der Waals surface area contributed by atoms with Crippen LogP contribution in [-0.2, 0) is 5.41 Å². The molecule has 0 radical (unpaired) electrons. The first-order chi connectivity index (χ1) is 9.97. The summed E-state index contributed by atoms with van der Waals surface area (Å²) in [5.41, 5.74) is 1.28. The van der Waals surface area contributed by atoms with E-state index in [0.29, 0.717) is 11.8 Å². The maximum Gasteiger partial charge on any atom is 0.225 e. The largest absolute Gasteiger partial charge is 0.475 e. The van der Waals surface area contributed by atoms with Crippen LogP contribution in [0.15, 0.2) is 42.6 Å². The predicted octanol–water partition coefficient (Wildman–Crippen LogP) is 3.65. The minimum atomic E-state index is -0.000466. The van der Waals surface area contributed by atoms with Gasteiger partial charge in [0.05, 0.1) is 6.10 Å². The first-order valence-electron chi connectivity index (χ1n) is 7.26. The summed E-state index contributed by atoms with van der Waals surface area (Å²) in [6.07, 6.45) is 1.82. The highest BCUT2D eigenvalue weighted by Crippen LogP contribution is 2.23. The van der Waals surface area contributed by atoms with Crippen molar-refractivity contribution in [1.82, 2.24) is 9.97 Å². The average Bonchev–Trinajstić information content (AvgIpc) is 2.46. The zero-order valence-corrected chi connectivity index (χ0v) is 13.1. The van der Waals surface area contributed by atoms with Gasteiger partial charge in [-0.3, -0.25) is 0 Å². The fourth-order valence-corrected chi connectivity index (χ4v) is 2.03. The van der Waals surface area contributed by atoms with E-state index in [-0.39, 0.29) is 11.5 Å². The third-order valence-corrected chi connectivity index (χ3v) is 3.23. The molecule has 0 bridgehead atoms. The van der Waals surface area contributed by atoms with Crippen LogP contribution in [0.1, 0.15) is 33.3 Å². The van der Waals surface area contributed by atoms with Gasteiger partial charge in [0.1, 0.15) is 0 Å². The van der Waals surface area contributed by atoms with Crippen molar-refractivity contribution in [2.45, 2.75) is 39.2 Å². The molecule has 0 unspecified atom stereocenters. The van der Waals surface area contributed by atoms with Crippen LogP contribution in [0.5, 0.6) is 5.88 Å². The van der Waals surface area contributed by atoms with Gasteiger partial charge in [0.25, 0.3) is 0 Å². The molecule has 2 aromatic rings. The quantitative estimate of drug-likeness (QED) is 0.880. The first-order valence-corrected chi connectivity index (χ1v) is 7.26. The molecule has 0 atom stereocenters. The van der Waals surface area contributed by atoms with Gasteiger partial charge in [0, 0.05) is 24.2 Å². The van der Waals surface area contributed by atoms with Gasteiger partial charge in [-0.2, -0.15) is 4.98 Å². The number of hydrogen-bond acceptors (Lipinski definition) is 4. The summed E-state index contributed by atoms with van der Waals surface area (Å²) in [6, 6.07) is 12.2. The molecule has 112 valence electrons. The summed E-state index contributed by atoms with van der Waals surface area (Å²) >= 11 is 0. The van der Waals surface area contributed by atoms with Crippen LogP contribution >= 0.6 is 0 Å². The summed E-state index contributed by atoms with van der Waals surface area (Å²) in [6.45, 7) is 9.11. The Morgan fingerprint density at radius 1 is 1.14 bits per heavy atom. The number of rotatable bonds is 6. The molecule has 1 aromatic heterocycles. The molecule has 0 spiro atoms. The van der Waals surface area contributed by atoms with E-state index >= 15 is 0 Å². The highest BCUT2D eigenvalue weighted by Gasteiger charge is 2.20. The molecule has 0 saturated carbocycles. The molecule has 4 heteroatoms. The molecule has 1 heterocycles. The van der Waals surface area contributed by atoms with Gasteiger partial charge in [-0.1, -0.05) is 44.2 Å². The van der Waals surface area contributed by atoms with Crippen molar-refractivity contribution in [1.29, 1.82) is 0 Å². The minimum Gasteiger partial charge on any atom is -0.475 e. The van der Waals surface area contributed by atoms with Crippen molar-refractivity contribution in [2.24, 2.45) is 0 Å². The fraction of sp³-hybridized carbons (Fsp3) is 0.412. The Morgan fingerprint density at radius 3 is 2.52 bits per heavy atom. The van der Waals surface area contributed by atoms with E-state index in [1.165, 1.54) is 5.56 Å². The molecule has 0 fully saturated rings. The van der Waals surface area contributed by atoms with E-state index in [4.69, 9.17) is 4.74 Å². The molecular formula is C17H23N3O. The van der Waals surface area contributed by atoms with Crippen molar-refractivity contribution < 1.29 is 4.74 Å². The molecule has 0 saturated heterocycles. The first kappa shape index (κ1) is 15.3. The number of nitrogens with one attached hydrogen (secondary N) is 1. The molecule has 0 aliphatic carbocycles. The molecule has 2 rings (SSSR count). The highest BCUT2D eigenvalue weighted by atomic mass is 16.5. The molecule has 0 aliphatic rings. The van der Waals surface area contributed by atoms with Gasteiger partial charge in [0.2, 0.25) is 11.8 Å². The molecule has 1 N–H and O–H groups in total. The normalized spacial score (nSPS) is 11.5. The van der Waals surface area contributed by atoms with Crippen LogP contribution in [0, 0.1) is 0 Å². The average molecular weight is 285 g/mol. The summed E-state index contributed by atoms with van der Waals surface area (Å²) in [5, 5.41) is 3.29. The van der Waals surface area contributed by atoms with E-state index in [9.17, 15) is 0 Å². The molecule has 4 nitrogen and oxygen atoms in total. The Labute approximate surface area is 126 Å². The summed E-state index contributed by atoms with van der Waals surface area (Å²) in [7, 11) is 0. The van der Waals surface area contributed by atoms with E-state index in [0.717, 1.165) is 6.54 Å². The highest BCUT2D eigenvalue weighted by molar-refractivity contribution is 5.31. The Bertz CT molecular complexity index is 567. The summed E-state index contributed by atoms with van der Waals surface area (Å²) < 4.78 is 5.58. The van der Waals surface area contributed by atoms with Gasteiger partial charge in [0.15, 0.2) is 0 Å². The van der Waals surface area contributed by atoms with E-state index in [1.54, 1.807) is 12.3 Å². The van der Waals surface area contributed by atoms with Crippen LogP contribution in [0.2, 0.25) is 0 Å². The Morgan fingerprint density at radius 2 is 1.86 bits per heavy atom. The minimum absolute atomic E-state index is 0.000466. The lowest BCUT2D eigenvalue weighted by Gasteiger charge is -2.25. The molecule has 0 amide bonds. The smallest absolute Gasteiger partial charge is 0.225 e. The van der Waals surface area contributed by atoms with Crippen LogP contribution in [-0.4, -0.2) is 22.6 Å². The molecule has 0 aliphatic heterocycles. The Balaban J connectivity index is 2.02. The number of aromatic nitrogens is 2. The van der Waals surface area contributed by atoms with Gasteiger partial charge in [-0.15, -0.1) is 0 Å². The van der Waals surface area contributed by atoms with E-state index in [2.05, 4.69) is 53.4 Å². The predicted molar refractivity (Wildman–Crippen MR) is 85.8 cm³/mol. The fourth-order valence-electron chi connectivity index (χ4n) is 2.03. The lowest BCUT2D eigenvalue weighted by atomic mass is 9.85. The third kappa shape index (κ3) is 4.45. The molecular weight excluding hydrogens is 262 g/mol. The standard InChI is InChI=1S/C17H23N3O/c1-13(2)21-15-10-11-18-16(20-15)19-12-17(3,4)14-8-6-5-7-9-14/h5-11,13H,12H2,1-4H3,(H,18,19,20). The number of anilines is 1. The lowest BCUT2D eigenvalue weighted by Crippen LogP contribution is -2.28. The summed E-state index contributed by atoms with van der Waals surface area (Å²) in [5.74, 6) is 1.19. The number of hydrogen-bond donors (Lipinski definition) is 1. The second-order valence-corrected chi connectivity index (χ2v) is 5.99. The van der Waals surface area contributed by atoms with E-state index < -0.39 is 0 Å². The maximum absolute atomic E-state index is 5.58. The van der Waals surface area contributed by atoms with Gasteiger partial charge >= 0.3 is 0 Å². The maximum atomic E-state index is 5.58. The molecule has 1 aromatic carbocycles. The second-order valence-electron chi connectivity index (χ2n) is 5.99. The summed E-state index contributed by atoms with van der Waals surface area (Å²) in [4.78, 5) is 8.61. The van der Waals surface area contributed by atoms with Crippen LogP contribution in [0.25, 0.3) is 0 Å². The number of nitrogens with zero attached hydrogens (tertiary/aromatic N) is 2. The third-order valence-electron chi connectivity index (χ3n) is 3.23. The van der Waals surface area contributed by atoms with Crippen LogP contribution < -0.4 is 10.1 Å². The van der Waals surface area contributed by atoms with E-state index in [1.807, 2.05) is 19.9 Å². The van der Waals surface area contributed by atoms with Crippen LogP contribution in [0.4, 0.5) is 5.95 Å². The topological polar surface area (TPSA) is 47.0 Å². The van der Waals surface area contributed by atoms with Gasteiger partial charge in [-0.05, 0) is 19.4 Å². The Kier molecular flexibility index (Phi) is 4.78. The van der Waals surface area contributed by atoms with Crippen molar-refractivity contribution in [3.63, 3.8) is 0 Å². The van der Waals surface area contributed by atoms with Crippen LogP contribution in [0.3, 0.4) is 0 Å². The lowest BCUT2D eigenvalue weighted by molar-refractivity contribution is 0.232. The van der Waals surface area contributed by atoms with Crippen molar-refractivity contribution >= 4 is 5.95 Å². The number of benzene rings is 1.